The Hall–Kier alpha value is -1.76. The average molecular weight is 386 g/mol. The van der Waals surface area contributed by atoms with E-state index in [1.54, 1.807) is 12.5 Å². The number of esters is 1. The summed E-state index contributed by atoms with van der Waals surface area (Å²) in [6.07, 6.45) is 4.42. The smallest absolute Gasteiger partial charge is 0.351 e. The van der Waals surface area contributed by atoms with Crippen molar-refractivity contribution in [2.75, 3.05) is 32.7 Å². The van der Waals surface area contributed by atoms with Crippen LogP contribution >= 0.6 is 23.1 Å². The molecule has 138 valence electrons. The van der Waals surface area contributed by atoms with Crippen molar-refractivity contribution < 1.29 is 19.0 Å². The molecule has 0 fully saturated rings. The van der Waals surface area contributed by atoms with E-state index in [4.69, 9.17) is 14.2 Å². The van der Waals surface area contributed by atoms with E-state index >= 15 is 0 Å². The van der Waals surface area contributed by atoms with Gasteiger partial charge in [-0.3, -0.25) is 0 Å². The van der Waals surface area contributed by atoms with Crippen molar-refractivity contribution in [1.29, 1.82) is 5.26 Å². The van der Waals surface area contributed by atoms with Crippen LogP contribution in [0.2, 0.25) is 0 Å². The summed E-state index contributed by atoms with van der Waals surface area (Å²) >= 11 is 2.71. The van der Waals surface area contributed by atoms with Gasteiger partial charge in [-0.2, -0.15) is 5.26 Å². The van der Waals surface area contributed by atoms with Crippen molar-refractivity contribution in [3.63, 3.8) is 0 Å². The predicted molar refractivity (Wildman–Crippen MR) is 98.3 cm³/mol. The summed E-state index contributed by atoms with van der Waals surface area (Å²) in [7, 11) is 0. The third kappa shape index (κ3) is 7.77. The molecule has 0 aromatic carbocycles. The van der Waals surface area contributed by atoms with Crippen LogP contribution in [0, 0.1) is 11.3 Å². The summed E-state index contributed by atoms with van der Waals surface area (Å²) in [5, 5.41) is 13.4. The van der Waals surface area contributed by atoms with Crippen LogP contribution < -0.4 is 10.1 Å². The lowest BCUT2D eigenvalue weighted by Crippen LogP contribution is -2.18. The van der Waals surface area contributed by atoms with Crippen LogP contribution in [-0.4, -0.2) is 43.6 Å². The number of nitrogens with zero attached hydrogens (tertiary/aromatic N) is 2. The normalized spacial score (nSPS) is 11.4. The molecule has 0 atom stereocenters. The van der Waals surface area contributed by atoms with Gasteiger partial charge in [-0.15, -0.1) is 11.8 Å². The SMILES string of the molecule is CCCOc1ncc(CN/C(SC)=C(\C#N)C(=O)OCCOCC)s1. The maximum absolute atomic E-state index is 12.0. The highest BCUT2D eigenvalue weighted by molar-refractivity contribution is 8.02. The topological polar surface area (TPSA) is 93.5 Å². The predicted octanol–water partition coefficient (Wildman–Crippen LogP) is 2.70. The maximum atomic E-state index is 12.0. The second kappa shape index (κ2) is 12.6. The summed E-state index contributed by atoms with van der Waals surface area (Å²) in [6, 6.07) is 1.91. The molecule has 0 aliphatic rings. The number of thioether (sulfide) groups is 1. The minimum Gasteiger partial charge on any atom is -0.470 e. The number of nitriles is 1. The van der Waals surface area contributed by atoms with Crippen LogP contribution in [0.1, 0.15) is 25.1 Å². The Morgan fingerprint density at radius 1 is 1.40 bits per heavy atom. The number of hydrogen-bond donors (Lipinski definition) is 1. The highest BCUT2D eigenvalue weighted by atomic mass is 32.2. The Balaban J connectivity index is 2.63. The zero-order valence-electron chi connectivity index (χ0n) is 14.7. The quantitative estimate of drug-likeness (QED) is 0.254. The molecule has 1 N–H and O–H groups in total. The Bertz CT molecular complexity index is 611. The summed E-state index contributed by atoms with van der Waals surface area (Å²) in [6.45, 7) is 5.94. The van der Waals surface area contributed by atoms with Gasteiger partial charge in [0.15, 0.2) is 5.57 Å². The van der Waals surface area contributed by atoms with Crippen molar-refractivity contribution in [2.45, 2.75) is 26.8 Å². The minimum absolute atomic E-state index is 0.0454. The second-order valence-corrected chi connectivity index (χ2v) is 6.54. The summed E-state index contributed by atoms with van der Waals surface area (Å²) in [5.74, 6) is -0.657. The number of ether oxygens (including phenoxy) is 3. The third-order valence-electron chi connectivity index (χ3n) is 2.80. The number of nitrogens with one attached hydrogen (secondary N) is 1. The minimum atomic E-state index is -0.657. The molecule has 0 radical (unpaired) electrons. The van der Waals surface area contributed by atoms with E-state index in [1.165, 1.54) is 23.1 Å². The van der Waals surface area contributed by atoms with Crippen molar-refractivity contribution in [2.24, 2.45) is 0 Å². The van der Waals surface area contributed by atoms with E-state index in [0.29, 0.717) is 36.6 Å². The van der Waals surface area contributed by atoms with E-state index < -0.39 is 5.97 Å². The van der Waals surface area contributed by atoms with E-state index in [9.17, 15) is 10.1 Å². The standard InChI is InChI=1S/C16H23N3O4S2/c1-4-6-23-16-19-11-12(25-16)10-18-14(24-3)13(9-17)15(20)22-8-7-21-5-2/h11,18H,4-8,10H2,1-3H3/b14-13-. The number of hydrogen-bond acceptors (Lipinski definition) is 9. The summed E-state index contributed by atoms with van der Waals surface area (Å²) < 4.78 is 15.6. The molecular formula is C16H23N3O4S2. The first-order chi connectivity index (χ1) is 12.2. The van der Waals surface area contributed by atoms with Crippen LogP contribution in [-0.2, 0) is 20.8 Å². The van der Waals surface area contributed by atoms with E-state index in [-0.39, 0.29) is 12.2 Å². The fraction of sp³-hybridized carbons (Fsp3) is 0.562. The van der Waals surface area contributed by atoms with E-state index in [1.807, 2.05) is 19.9 Å². The number of carbonyl (C=O) groups excluding carboxylic acids is 1. The highest BCUT2D eigenvalue weighted by Crippen LogP contribution is 2.22. The van der Waals surface area contributed by atoms with Crippen LogP contribution in [0.25, 0.3) is 0 Å². The van der Waals surface area contributed by atoms with Crippen LogP contribution in [0.5, 0.6) is 5.19 Å². The summed E-state index contributed by atoms with van der Waals surface area (Å²) in [4.78, 5) is 17.2. The lowest BCUT2D eigenvalue weighted by molar-refractivity contribution is -0.140. The highest BCUT2D eigenvalue weighted by Gasteiger charge is 2.17. The monoisotopic (exact) mass is 385 g/mol. The van der Waals surface area contributed by atoms with Crippen LogP contribution in [0.4, 0.5) is 0 Å². The van der Waals surface area contributed by atoms with Gasteiger partial charge in [-0.1, -0.05) is 18.3 Å². The fourth-order valence-electron chi connectivity index (χ4n) is 1.66. The first-order valence-corrected chi connectivity index (χ1v) is 9.94. The fourth-order valence-corrected chi connectivity index (χ4v) is 2.93. The van der Waals surface area contributed by atoms with Gasteiger partial charge >= 0.3 is 5.97 Å². The first-order valence-electron chi connectivity index (χ1n) is 7.90. The van der Waals surface area contributed by atoms with Crippen molar-refractivity contribution in [1.82, 2.24) is 10.3 Å². The molecule has 1 aromatic heterocycles. The average Bonchev–Trinajstić information content (AvgIpc) is 3.08. The second-order valence-electron chi connectivity index (χ2n) is 4.65. The molecule has 0 aliphatic heterocycles. The molecule has 0 saturated carbocycles. The number of thiazole rings is 1. The van der Waals surface area contributed by atoms with Crippen LogP contribution in [0.15, 0.2) is 16.8 Å². The van der Waals surface area contributed by atoms with Crippen molar-refractivity contribution >= 4 is 29.1 Å². The number of rotatable bonds is 12. The zero-order chi connectivity index (χ0) is 18.5. The van der Waals surface area contributed by atoms with Crippen LogP contribution in [0.3, 0.4) is 0 Å². The van der Waals surface area contributed by atoms with E-state index in [2.05, 4.69) is 10.3 Å². The van der Waals surface area contributed by atoms with E-state index in [0.717, 1.165) is 11.3 Å². The van der Waals surface area contributed by atoms with Gasteiger partial charge in [0, 0.05) is 17.7 Å². The molecule has 1 rings (SSSR count). The molecule has 0 unspecified atom stereocenters. The van der Waals surface area contributed by atoms with Gasteiger partial charge in [-0.25, -0.2) is 9.78 Å². The lowest BCUT2D eigenvalue weighted by Gasteiger charge is -2.10. The van der Waals surface area contributed by atoms with Gasteiger partial charge in [0.25, 0.3) is 5.19 Å². The molecule has 7 nitrogen and oxygen atoms in total. The largest absolute Gasteiger partial charge is 0.470 e. The maximum Gasteiger partial charge on any atom is 0.351 e. The molecule has 0 aliphatic carbocycles. The zero-order valence-corrected chi connectivity index (χ0v) is 16.3. The first kappa shape index (κ1) is 21.3. The molecule has 1 heterocycles. The van der Waals surface area contributed by atoms with Gasteiger partial charge in [-0.05, 0) is 19.6 Å². The molecule has 0 bridgehead atoms. The Labute approximate surface area is 156 Å². The Morgan fingerprint density at radius 3 is 2.84 bits per heavy atom. The molecule has 0 amide bonds. The van der Waals surface area contributed by atoms with Gasteiger partial charge in [0.2, 0.25) is 0 Å². The van der Waals surface area contributed by atoms with Gasteiger partial charge in [0.05, 0.1) is 24.8 Å². The summed E-state index contributed by atoms with van der Waals surface area (Å²) in [5.41, 5.74) is -0.0454. The Kier molecular flexibility index (Phi) is 10.7. The number of carbonyl (C=O) groups is 1. The number of aromatic nitrogens is 1. The molecule has 9 heteroatoms. The molecular weight excluding hydrogens is 362 g/mol. The molecule has 1 aromatic rings. The van der Waals surface area contributed by atoms with Crippen molar-refractivity contribution in [3.8, 4) is 11.3 Å². The Morgan fingerprint density at radius 2 is 2.20 bits per heavy atom. The lowest BCUT2D eigenvalue weighted by atomic mass is 10.3. The molecule has 25 heavy (non-hydrogen) atoms. The van der Waals surface area contributed by atoms with Crippen molar-refractivity contribution in [3.05, 3.63) is 21.7 Å². The van der Waals surface area contributed by atoms with Gasteiger partial charge in [0.1, 0.15) is 12.7 Å². The van der Waals surface area contributed by atoms with Gasteiger partial charge < -0.3 is 19.5 Å². The third-order valence-corrected chi connectivity index (χ3v) is 4.46. The molecule has 0 saturated heterocycles. The molecule has 0 spiro atoms.